The lowest BCUT2D eigenvalue weighted by Gasteiger charge is -2.32. The number of hydrogen-bond acceptors (Lipinski definition) is 4. The molecule has 0 radical (unpaired) electrons. The minimum atomic E-state index is 0.523. The first-order valence-electron chi connectivity index (χ1n) is 8.80. The van der Waals surface area contributed by atoms with Crippen LogP contribution in [0.25, 0.3) is 0 Å². The third-order valence-electron chi connectivity index (χ3n) is 4.92. The largest absolute Gasteiger partial charge is 0.486 e. The highest BCUT2D eigenvalue weighted by Gasteiger charge is 2.25. The zero-order chi connectivity index (χ0) is 16.5. The number of imidazole rings is 1. The second kappa shape index (κ2) is 6.48. The summed E-state index contributed by atoms with van der Waals surface area (Å²) in [6, 6.07) is 6.32. The van der Waals surface area contributed by atoms with Gasteiger partial charge in [0.15, 0.2) is 11.5 Å². The van der Waals surface area contributed by atoms with Crippen molar-refractivity contribution in [3.8, 4) is 11.5 Å². The molecule has 0 N–H and O–H groups in total. The summed E-state index contributed by atoms with van der Waals surface area (Å²) in [6.45, 7) is 6.52. The molecule has 1 aromatic carbocycles. The van der Waals surface area contributed by atoms with E-state index in [1.807, 2.05) is 6.07 Å². The Labute approximate surface area is 143 Å². The van der Waals surface area contributed by atoms with E-state index >= 15 is 0 Å². The first-order valence-corrected chi connectivity index (χ1v) is 8.80. The van der Waals surface area contributed by atoms with Gasteiger partial charge in [0.2, 0.25) is 0 Å². The van der Waals surface area contributed by atoms with Crippen molar-refractivity contribution in [2.45, 2.75) is 32.2 Å². The van der Waals surface area contributed by atoms with Gasteiger partial charge in [-0.05, 0) is 44.0 Å². The summed E-state index contributed by atoms with van der Waals surface area (Å²) in [5, 5.41) is 0. The molecule has 0 amide bonds. The Kier molecular flexibility index (Phi) is 4.19. The Bertz CT molecular complexity index is 725. The van der Waals surface area contributed by atoms with Crippen molar-refractivity contribution >= 4 is 0 Å². The van der Waals surface area contributed by atoms with Gasteiger partial charge in [-0.25, -0.2) is 4.98 Å². The van der Waals surface area contributed by atoms with Gasteiger partial charge in [-0.1, -0.05) is 6.07 Å². The van der Waals surface area contributed by atoms with Crippen molar-refractivity contribution in [1.29, 1.82) is 0 Å². The van der Waals surface area contributed by atoms with Crippen LogP contribution in [0.1, 0.15) is 35.8 Å². The molecule has 0 saturated carbocycles. The molecule has 5 nitrogen and oxygen atoms in total. The number of piperidine rings is 1. The minimum absolute atomic E-state index is 0.523. The normalized spacial score (nSPS) is 21.0. The molecule has 2 aliphatic heterocycles. The van der Waals surface area contributed by atoms with Crippen molar-refractivity contribution in [1.82, 2.24) is 14.5 Å². The molecule has 3 heterocycles. The maximum Gasteiger partial charge on any atom is 0.161 e. The lowest BCUT2D eigenvalue weighted by molar-refractivity contribution is 0.170. The van der Waals surface area contributed by atoms with Crippen LogP contribution in [0.5, 0.6) is 11.5 Å². The number of benzene rings is 1. The molecular weight excluding hydrogens is 302 g/mol. The third kappa shape index (κ3) is 3.13. The molecule has 1 atom stereocenters. The second-order valence-electron chi connectivity index (χ2n) is 6.90. The fourth-order valence-electron chi connectivity index (χ4n) is 3.87. The summed E-state index contributed by atoms with van der Waals surface area (Å²) >= 11 is 0. The number of rotatable bonds is 3. The van der Waals surface area contributed by atoms with Gasteiger partial charge in [0.05, 0.1) is 5.69 Å². The van der Waals surface area contributed by atoms with Crippen LogP contribution in [0.2, 0.25) is 0 Å². The maximum absolute atomic E-state index is 5.71. The van der Waals surface area contributed by atoms with Crippen LogP contribution < -0.4 is 9.47 Å². The number of ether oxygens (including phenoxy) is 2. The lowest BCUT2D eigenvalue weighted by Crippen LogP contribution is -2.34. The SMILES string of the molecule is Cc1cn(C)c(C2CCCN(Cc3ccc4c(c3)OCCO4)C2)n1. The van der Waals surface area contributed by atoms with Gasteiger partial charge in [-0.3, -0.25) is 4.90 Å². The summed E-state index contributed by atoms with van der Waals surface area (Å²) in [7, 11) is 2.11. The zero-order valence-electron chi connectivity index (χ0n) is 14.5. The molecule has 0 bridgehead atoms. The molecular formula is C19H25N3O2. The molecule has 0 spiro atoms. The predicted octanol–water partition coefficient (Wildman–Crippen LogP) is 2.88. The molecule has 2 aliphatic rings. The molecule has 1 unspecified atom stereocenters. The van der Waals surface area contributed by atoms with Gasteiger partial charge in [-0.15, -0.1) is 0 Å². The van der Waals surface area contributed by atoms with Gasteiger partial charge in [0, 0.05) is 32.3 Å². The predicted molar refractivity (Wildman–Crippen MR) is 92.6 cm³/mol. The van der Waals surface area contributed by atoms with E-state index in [1.165, 1.54) is 24.2 Å². The van der Waals surface area contributed by atoms with Crippen LogP contribution >= 0.6 is 0 Å². The van der Waals surface area contributed by atoms with E-state index in [0.29, 0.717) is 19.1 Å². The quantitative estimate of drug-likeness (QED) is 0.869. The van der Waals surface area contributed by atoms with E-state index in [-0.39, 0.29) is 0 Å². The summed E-state index contributed by atoms with van der Waals surface area (Å²) in [6.07, 6.45) is 4.57. The highest BCUT2D eigenvalue weighted by molar-refractivity contribution is 5.43. The number of nitrogens with zero attached hydrogens (tertiary/aromatic N) is 3. The molecule has 5 heteroatoms. The Morgan fingerprint density at radius 3 is 2.83 bits per heavy atom. The van der Waals surface area contributed by atoms with Crippen LogP contribution in [0.15, 0.2) is 24.4 Å². The van der Waals surface area contributed by atoms with Crippen molar-refractivity contribution < 1.29 is 9.47 Å². The minimum Gasteiger partial charge on any atom is -0.486 e. The van der Waals surface area contributed by atoms with Crippen molar-refractivity contribution in [3.05, 3.63) is 41.5 Å². The summed E-state index contributed by atoms with van der Waals surface area (Å²) in [4.78, 5) is 7.26. The summed E-state index contributed by atoms with van der Waals surface area (Å²) in [5.74, 6) is 3.49. The first kappa shape index (κ1) is 15.5. The monoisotopic (exact) mass is 327 g/mol. The fraction of sp³-hybridized carbons (Fsp3) is 0.526. The molecule has 2 aromatic rings. The van der Waals surface area contributed by atoms with Crippen LogP contribution in [0.4, 0.5) is 0 Å². The van der Waals surface area contributed by atoms with Gasteiger partial charge in [0.1, 0.15) is 19.0 Å². The van der Waals surface area contributed by atoms with Crippen molar-refractivity contribution in [2.75, 3.05) is 26.3 Å². The van der Waals surface area contributed by atoms with Crippen molar-refractivity contribution in [2.24, 2.45) is 7.05 Å². The average molecular weight is 327 g/mol. The molecule has 1 aromatic heterocycles. The van der Waals surface area contributed by atoms with Crippen LogP contribution in [-0.2, 0) is 13.6 Å². The van der Waals surface area contributed by atoms with E-state index in [0.717, 1.165) is 36.8 Å². The van der Waals surface area contributed by atoms with Crippen LogP contribution in [-0.4, -0.2) is 40.8 Å². The number of fused-ring (bicyclic) bond motifs is 1. The molecule has 4 rings (SSSR count). The van der Waals surface area contributed by atoms with Crippen LogP contribution in [0, 0.1) is 6.92 Å². The van der Waals surface area contributed by atoms with E-state index in [1.54, 1.807) is 0 Å². The topological polar surface area (TPSA) is 39.5 Å². The molecule has 1 saturated heterocycles. The Balaban J connectivity index is 1.46. The number of hydrogen-bond donors (Lipinski definition) is 0. The van der Waals surface area contributed by atoms with Gasteiger partial charge < -0.3 is 14.0 Å². The van der Waals surface area contributed by atoms with Gasteiger partial charge in [-0.2, -0.15) is 0 Å². The standard InChI is InChI=1S/C19H25N3O2/c1-14-11-21(2)19(20-14)16-4-3-7-22(13-16)12-15-5-6-17-18(10-15)24-9-8-23-17/h5-6,10-11,16H,3-4,7-9,12-13H2,1-2H3. The molecule has 1 fully saturated rings. The highest BCUT2D eigenvalue weighted by Crippen LogP contribution is 2.32. The number of aryl methyl sites for hydroxylation is 2. The van der Waals surface area contributed by atoms with Crippen molar-refractivity contribution in [3.63, 3.8) is 0 Å². The first-order chi connectivity index (χ1) is 11.7. The number of likely N-dealkylation sites (tertiary alicyclic amines) is 1. The van der Waals surface area contributed by atoms with E-state index in [2.05, 4.69) is 41.8 Å². The van der Waals surface area contributed by atoms with E-state index < -0.39 is 0 Å². The number of aromatic nitrogens is 2. The van der Waals surface area contributed by atoms with Gasteiger partial charge >= 0.3 is 0 Å². The zero-order valence-corrected chi connectivity index (χ0v) is 14.5. The molecule has 128 valence electrons. The Morgan fingerprint density at radius 1 is 1.21 bits per heavy atom. The fourth-order valence-corrected chi connectivity index (χ4v) is 3.87. The summed E-state index contributed by atoms with van der Waals surface area (Å²) in [5.41, 5.74) is 2.40. The highest BCUT2D eigenvalue weighted by atomic mass is 16.6. The lowest BCUT2D eigenvalue weighted by atomic mass is 9.96. The Morgan fingerprint density at radius 2 is 2.04 bits per heavy atom. The maximum atomic E-state index is 5.71. The molecule has 24 heavy (non-hydrogen) atoms. The third-order valence-corrected chi connectivity index (χ3v) is 4.92. The summed E-state index contributed by atoms with van der Waals surface area (Å²) < 4.78 is 13.5. The van der Waals surface area contributed by atoms with E-state index in [9.17, 15) is 0 Å². The second-order valence-corrected chi connectivity index (χ2v) is 6.90. The smallest absolute Gasteiger partial charge is 0.161 e. The average Bonchev–Trinajstić information content (AvgIpc) is 2.93. The van der Waals surface area contributed by atoms with Crippen LogP contribution in [0.3, 0.4) is 0 Å². The van der Waals surface area contributed by atoms with Gasteiger partial charge in [0.25, 0.3) is 0 Å². The molecule has 0 aliphatic carbocycles. The van der Waals surface area contributed by atoms with E-state index in [4.69, 9.17) is 14.5 Å². The Hall–Kier alpha value is -2.01.